The van der Waals surface area contributed by atoms with Crippen molar-refractivity contribution in [1.29, 1.82) is 0 Å². The first kappa shape index (κ1) is 14.8. The largest absolute Gasteiger partial charge is 0.497 e. The van der Waals surface area contributed by atoms with Gasteiger partial charge in [-0.05, 0) is 40.2 Å². The number of sulfonamides is 1. The van der Waals surface area contributed by atoms with Crippen molar-refractivity contribution in [3.8, 4) is 5.75 Å². The van der Waals surface area contributed by atoms with E-state index in [4.69, 9.17) is 4.74 Å². The number of anilines is 1. The lowest BCUT2D eigenvalue weighted by atomic mass is 10.3. The first-order valence-corrected chi connectivity index (χ1v) is 7.79. The number of ether oxygens (including phenoxy) is 1. The van der Waals surface area contributed by atoms with Crippen LogP contribution in [0.2, 0.25) is 0 Å². The smallest absolute Gasteiger partial charge is 0.284 e. The van der Waals surface area contributed by atoms with E-state index in [0.29, 0.717) is 11.4 Å². The Labute approximate surface area is 125 Å². The van der Waals surface area contributed by atoms with E-state index in [1.807, 2.05) is 0 Å². The molecule has 1 heterocycles. The fraction of sp³-hybridized carbons (Fsp3) is 0.273. The van der Waals surface area contributed by atoms with Gasteiger partial charge < -0.3 is 4.74 Å². The summed E-state index contributed by atoms with van der Waals surface area (Å²) in [6.45, 7) is 0. The van der Waals surface area contributed by atoms with Gasteiger partial charge in [0.05, 0.1) is 12.8 Å². The number of halogens is 1. The average Bonchev–Trinajstić information content (AvgIpc) is 2.78. The third-order valence-corrected chi connectivity index (χ3v) is 5.45. The molecule has 0 aliphatic heterocycles. The van der Waals surface area contributed by atoms with Crippen molar-refractivity contribution in [2.45, 2.75) is 5.03 Å². The molecule has 0 fully saturated rings. The topological polar surface area (TPSA) is 77.3 Å². The maximum Gasteiger partial charge on any atom is 0.284 e. The molecule has 0 saturated carbocycles. The van der Waals surface area contributed by atoms with Crippen LogP contribution in [0.25, 0.3) is 0 Å². The lowest BCUT2D eigenvalue weighted by Crippen LogP contribution is -2.28. The number of benzene rings is 1. The zero-order chi connectivity index (χ0) is 14.9. The lowest BCUT2D eigenvalue weighted by molar-refractivity contribution is 0.415. The van der Waals surface area contributed by atoms with Crippen molar-refractivity contribution in [1.82, 2.24) is 15.0 Å². The molecule has 0 bridgehead atoms. The van der Waals surface area contributed by atoms with Gasteiger partial charge in [0.25, 0.3) is 10.0 Å². The molecular formula is C11H13BrN4O3S. The Kier molecular flexibility index (Phi) is 4.00. The molecule has 0 unspecified atom stereocenters. The van der Waals surface area contributed by atoms with Crippen molar-refractivity contribution in [2.75, 3.05) is 18.5 Å². The molecule has 1 aromatic heterocycles. The first-order chi connectivity index (χ1) is 9.37. The van der Waals surface area contributed by atoms with Crippen molar-refractivity contribution >= 4 is 31.6 Å². The van der Waals surface area contributed by atoms with E-state index < -0.39 is 10.0 Å². The summed E-state index contributed by atoms with van der Waals surface area (Å²) in [6.07, 6.45) is 0. The van der Waals surface area contributed by atoms with Crippen molar-refractivity contribution in [3.05, 3.63) is 28.9 Å². The molecule has 0 amide bonds. The average molecular weight is 361 g/mol. The molecule has 108 valence electrons. The third kappa shape index (κ3) is 2.50. The minimum absolute atomic E-state index is 0.00387. The maximum atomic E-state index is 12.6. The summed E-state index contributed by atoms with van der Waals surface area (Å²) >= 11 is 3.10. The summed E-state index contributed by atoms with van der Waals surface area (Å²) in [5.41, 5.74) is 0.513. The highest BCUT2D eigenvalue weighted by Crippen LogP contribution is 2.26. The molecule has 0 aliphatic carbocycles. The fourth-order valence-electron chi connectivity index (χ4n) is 1.66. The minimum Gasteiger partial charge on any atom is -0.497 e. The van der Waals surface area contributed by atoms with E-state index >= 15 is 0 Å². The van der Waals surface area contributed by atoms with E-state index in [1.165, 1.54) is 18.8 Å². The molecular weight excluding hydrogens is 348 g/mol. The van der Waals surface area contributed by atoms with Gasteiger partial charge in [-0.15, -0.1) is 5.10 Å². The molecule has 1 aromatic carbocycles. The van der Waals surface area contributed by atoms with Crippen LogP contribution < -0.4 is 9.04 Å². The second kappa shape index (κ2) is 5.41. The van der Waals surface area contributed by atoms with Crippen molar-refractivity contribution in [2.24, 2.45) is 7.05 Å². The predicted octanol–water partition coefficient (Wildman–Crippen LogP) is 1.41. The summed E-state index contributed by atoms with van der Waals surface area (Å²) in [6, 6.07) is 6.71. The van der Waals surface area contributed by atoms with Gasteiger partial charge in [0.15, 0.2) is 4.60 Å². The molecule has 0 radical (unpaired) electrons. The molecule has 0 atom stereocenters. The van der Waals surface area contributed by atoms with Crippen LogP contribution in [0.1, 0.15) is 0 Å². The van der Waals surface area contributed by atoms with Gasteiger partial charge in [0.1, 0.15) is 5.75 Å². The Morgan fingerprint density at radius 2 is 1.90 bits per heavy atom. The zero-order valence-corrected chi connectivity index (χ0v) is 13.5. The van der Waals surface area contributed by atoms with Gasteiger partial charge in [-0.25, -0.2) is 4.68 Å². The summed E-state index contributed by atoms with van der Waals surface area (Å²) in [5.74, 6) is 0.655. The van der Waals surface area contributed by atoms with E-state index in [9.17, 15) is 8.42 Å². The molecule has 0 aliphatic rings. The molecule has 0 N–H and O–H groups in total. The van der Waals surface area contributed by atoms with Crippen LogP contribution in [0.4, 0.5) is 5.69 Å². The van der Waals surface area contributed by atoms with Crippen LogP contribution in [0.15, 0.2) is 33.9 Å². The number of nitrogens with zero attached hydrogens (tertiary/aromatic N) is 4. The van der Waals surface area contributed by atoms with Crippen LogP contribution in [0.3, 0.4) is 0 Å². The van der Waals surface area contributed by atoms with E-state index in [2.05, 4.69) is 26.2 Å². The number of hydrogen-bond donors (Lipinski definition) is 0. The molecule has 20 heavy (non-hydrogen) atoms. The minimum atomic E-state index is -3.75. The second-order valence-corrected chi connectivity index (χ2v) is 6.62. The third-order valence-electron chi connectivity index (χ3n) is 2.78. The molecule has 2 rings (SSSR count). The number of aryl methyl sites for hydroxylation is 1. The van der Waals surface area contributed by atoms with Crippen LogP contribution >= 0.6 is 15.9 Å². The van der Waals surface area contributed by atoms with Gasteiger partial charge in [-0.3, -0.25) is 4.31 Å². The zero-order valence-electron chi connectivity index (χ0n) is 11.1. The van der Waals surface area contributed by atoms with Gasteiger partial charge in [-0.2, -0.15) is 8.42 Å². The van der Waals surface area contributed by atoms with Crippen LogP contribution in [-0.2, 0) is 17.1 Å². The highest BCUT2D eigenvalue weighted by molar-refractivity contribution is 9.10. The lowest BCUT2D eigenvalue weighted by Gasteiger charge is -2.19. The molecule has 9 heteroatoms. The van der Waals surface area contributed by atoms with E-state index in [1.54, 1.807) is 31.4 Å². The summed E-state index contributed by atoms with van der Waals surface area (Å²) in [4.78, 5) is 0. The molecule has 7 nitrogen and oxygen atoms in total. The van der Waals surface area contributed by atoms with E-state index in [-0.39, 0.29) is 9.63 Å². The van der Waals surface area contributed by atoms with E-state index in [0.717, 1.165) is 4.31 Å². The Hall–Kier alpha value is -1.61. The van der Waals surface area contributed by atoms with Crippen molar-refractivity contribution in [3.63, 3.8) is 0 Å². The van der Waals surface area contributed by atoms with Crippen molar-refractivity contribution < 1.29 is 13.2 Å². The summed E-state index contributed by atoms with van der Waals surface area (Å²) in [7, 11) is 0.793. The highest BCUT2D eigenvalue weighted by atomic mass is 79.9. The Morgan fingerprint density at radius 3 is 2.35 bits per heavy atom. The highest BCUT2D eigenvalue weighted by Gasteiger charge is 2.28. The Morgan fingerprint density at radius 1 is 1.30 bits per heavy atom. The normalized spacial score (nSPS) is 11.4. The van der Waals surface area contributed by atoms with Gasteiger partial charge in [0.2, 0.25) is 5.03 Å². The van der Waals surface area contributed by atoms with Crippen LogP contribution in [0.5, 0.6) is 5.75 Å². The summed E-state index contributed by atoms with van der Waals surface area (Å²) < 4.78 is 32.7. The Balaban J connectivity index is 2.43. The molecule has 2 aromatic rings. The number of aromatic nitrogens is 3. The van der Waals surface area contributed by atoms with Crippen LogP contribution in [-0.4, -0.2) is 37.6 Å². The predicted molar refractivity (Wildman–Crippen MR) is 77.3 cm³/mol. The molecule has 0 spiro atoms. The summed E-state index contributed by atoms with van der Waals surface area (Å²) in [5, 5.41) is 7.37. The number of hydrogen-bond acceptors (Lipinski definition) is 5. The number of methoxy groups -OCH3 is 1. The first-order valence-electron chi connectivity index (χ1n) is 5.56. The SMILES string of the molecule is COc1ccc(N(C)S(=O)(=O)c2c(Br)nnn2C)cc1. The van der Waals surface area contributed by atoms with Gasteiger partial charge in [0, 0.05) is 14.1 Å². The second-order valence-electron chi connectivity index (χ2n) is 3.98. The molecule has 0 saturated heterocycles. The van der Waals surface area contributed by atoms with Gasteiger partial charge >= 0.3 is 0 Å². The quantitative estimate of drug-likeness (QED) is 0.823. The fourth-order valence-corrected chi connectivity index (χ4v) is 3.88. The van der Waals surface area contributed by atoms with Crippen LogP contribution in [0, 0.1) is 0 Å². The standard InChI is InChI=1S/C11H13BrN4O3S/c1-15-11(10(12)13-14-15)20(17,18)16(2)8-4-6-9(19-3)7-5-8/h4-7H,1-3H3. The monoisotopic (exact) mass is 360 g/mol. The number of rotatable bonds is 4. The maximum absolute atomic E-state index is 12.6. The van der Waals surface area contributed by atoms with Gasteiger partial charge in [-0.1, -0.05) is 5.21 Å². The Bertz CT molecular complexity index is 692.